The molecule has 1 N–H and O–H groups in total. The van der Waals surface area contributed by atoms with Gasteiger partial charge in [-0.15, -0.1) is 0 Å². The normalized spacial score (nSPS) is 12.2. The maximum Gasteiger partial charge on any atom is 0.224 e. The van der Waals surface area contributed by atoms with Gasteiger partial charge >= 0.3 is 0 Å². The van der Waals surface area contributed by atoms with E-state index in [1.807, 2.05) is 25.1 Å². The molecule has 1 aromatic rings. The summed E-state index contributed by atoms with van der Waals surface area (Å²) in [4.78, 5) is 11.6. The van der Waals surface area contributed by atoms with Crippen molar-refractivity contribution in [1.29, 1.82) is 0 Å². The third kappa shape index (κ3) is 3.37. The molecule has 88 valence electrons. The first-order valence-electron chi connectivity index (χ1n) is 6.07. The van der Waals surface area contributed by atoms with E-state index in [0.717, 1.165) is 18.5 Å². The van der Waals surface area contributed by atoms with Gasteiger partial charge in [0.1, 0.15) is 0 Å². The van der Waals surface area contributed by atoms with Gasteiger partial charge in [0.2, 0.25) is 5.91 Å². The topological polar surface area (TPSA) is 29.1 Å². The molecule has 2 heteroatoms. The number of carbonyl (C=O) groups excluding carboxylic acids is 1. The van der Waals surface area contributed by atoms with Crippen LogP contribution in [0.25, 0.3) is 0 Å². The summed E-state index contributed by atoms with van der Waals surface area (Å²) in [5.41, 5.74) is 2.20. The Bertz CT molecular complexity index is 346. The second-order valence-corrected chi connectivity index (χ2v) is 4.19. The highest BCUT2D eigenvalue weighted by Gasteiger charge is 2.10. The van der Waals surface area contributed by atoms with Crippen molar-refractivity contribution >= 4 is 11.6 Å². The van der Waals surface area contributed by atoms with Crippen molar-refractivity contribution in [2.24, 2.45) is 0 Å². The Kier molecular flexibility index (Phi) is 5.03. The Morgan fingerprint density at radius 1 is 1.31 bits per heavy atom. The number of hydrogen-bond acceptors (Lipinski definition) is 1. The molecule has 0 unspecified atom stereocenters. The molecule has 0 aliphatic rings. The largest absolute Gasteiger partial charge is 0.326 e. The molecule has 0 fully saturated rings. The van der Waals surface area contributed by atoms with Crippen LogP contribution in [0.3, 0.4) is 0 Å². The number of amides is 1. The first-order valence-corrected chi connectivity index (χ1v) is 6.07. The molecule has 0 aromatic heterocycles. The van der Waals surface area contributed by atoms with Gasteiger partial charge in [0.25, 0.3) is 0 Å². The first-order chi connectivity index (χ1) is 7.69. The standard InChI is InChI=1S/C14H21NO/c1-4-8-14(16)15-13-10-7-6-9-12(13)11(3)5-2/h6-7,9-11H,4-5,8H2,1-3H3,(H,15,16)/t11-/m0/s1. The molecule has 0 spiro atoms. The molecule has 0 bridgehead atoms. The van der Waals surface area contributed by atoms with Crippen LogP contribution in [0.5, 0.6) is 0 Å². The van der Waals surface area contributed by atoms with Crippen LogP contribution in [0.4, 0.5) is 5.69 Å². The fourth-order valence-corrected chi connectivity index (χ4v) is 1.70. The lowest BCUT2D eigenvalue weighted by molar-refractivity contribution is -0.116. The summed E-state index contributed by atoms with van der Waals surface area (Å²) < 4.78 is 0. The molecule has 0 radical (unpaired) electrons. The summed E-state index contributed by atoms with van der Waals surface area (Å²) in [6, 6.07) is 8.06. The van der Waals surface area contributed by atoms with E-state index >= 15 is 0 Å². The lowest BCUT2D eigenvalue weighted by atomic mass is 9.97. The Balaban J connectivity index is 2.82. The van der Waals surface area contributed by atoms with E-state index < -0.39 is 0 Å². The molecule has 0 saturated heterocycles. The SMILES string of the molecule is CCCC(=O)Nc1ccccc1[C@@H](C)CC. The zero-order chi connectivity index (χ0) is 12.0. The van der Waals surface area contributed by atoms with Crippen molar-refractivity contribution in [3.05, 3.63) is 29.8 Å². The number of benzene rings is 1. The van der Waals surface area contributed by atoms with Crippen LogP contribution in [0.2, 0.25) is 0 Å². The average Bonchev–Trinajstić information content (AvgIpc) is 2.29. The van der Waals surface area contributed by atoms with Gasteiger partial charge in [-0.25, -0.2) is 0 Å². The van der Waals surface area contributed by atoms with E-state index in [4.69, 9.17) is 0 Å². The Labute approximate surface area is 98.1 Å². The predicted octanol–water partition coefficient (Wildman–Crippen LogP) is 3.94. The van der Waals surface area contributed by atoms with Gasteiger partial charge in [0.15, 0.2) is 0 Å². The number of carbonyl (C=O) groups is 1. The number of hydrogen-bond donors (Lipinski definition) is 1. The second kappa shape index (κ2) is 6.31. The number of rotatable bonds is 5. The van der Waals surface area contributed by atoms with Crippen LogP contribution < -0.4 is 5.32 Å². The van der Waals surface area contributed by atoms with Crippen molar-refractivity contribution in [2.75, 3.05) is 5.32 Å². The maximum absolute atomic E-state index is 11.6. The predicted molar refractivity (Wildman–Crippen MR) is 68.7 cm³/mol. The zero-order valence-corrected chi connectivity index (χ0v) is 10.4. The molecule has 1 aromatic carbocycles. The van der Waals surface area contributed by atoms with E-state index in [1.165, 1.54) is 5.56 Å². The van der Waals surface area contributed by atoms with Crippen LogP contribution >= 0.6 is 0 Å². The molecule has 0 aliphatic heterocycles. The van der Waals surface area contributed by atoms with E-state index in [1.54, 1.807) is 0 Å². The summed E-state index contributed by atoms with van der Waals surface area (Å²) in [5, 5.41) is 2.99. The molecule has 2 nitrogen and oxygen atoms in total. The quantitative estimate of drug-likeness (QED) is 0.798. The summed E-state index contributed by atoms with van der Waals surface area (Å²) >= 11 is 0. The molecule has 0 saturated carbocycles. The van der Waals surface area contributed by atoms with E-state index in [0.29, 0.717) is 12.3 Å². The van der Waals surface area contributed by atoms with E-state index in [9.17, 15) is 4.79 Å². The number of anilines is 1. The molecule has 1 amide bonds. The van der Waals surface area contributed by atoms with Gasteiger partial charge in [-0.1, -0.05) is 39.0 Å². The highest BCUT2D eigenvalue weighted by atomic mass is 16.1. The molecular weight excluding hydrogens is 198 g/mol. The van der Waals surface area contributed by atoms with Crippen LogP contribution in [0.1, 0.15) is 51.5 Å². The molecule has 1 atom stereocenters. The highest BCUT2D eigenvalue weighted by molar-refractivity contribution is 5.91. The van der Waals surface area contributed by atoms with E-state index in [2.05, 4.69) is 25.2 Å². The van der Waals surface area contributed by atoms with Crippen LogP contribution in [0, 0.1) is 0 Å². The van der Waals surface area contributed by atoms with Crippen LogP contribution in [-0.2, 0) is 4.79 Å². The van der Waals surface area contributed by atoms with Crippen LogP contribution in [-0.4, -0.2) is 5.91 Å². The Hall–Kier alpha value is -1.31. The number of para-hydroxylation sites is 1. The fraction of sp³-hybridized carbons (Fsp3) is 0.500. The minimum absolute atomic E-state index is 0.109. The monoisotopic (exact) mass is 219 g/mol. The van der Waals surface area contributed by atoms with Gasteiger partial charge in [-0.3, -0.25) is 4.79 Å². The first kappa shape index (κ1) is 12.8. The molecule has 16 heavy (non-hydrogen) atoms. The maximum atomic E-state index is 11.6. The highest BCUT2D eigenvalue weighted by Crippen LogP contribution is 2.26. The smallest absolute Gasteiger partial charge is 0.224 e. The summed E-state index contributed by atoms with van der Waals surface area (Å²) in [7, 11) is 0. The van der Waals surface area contributed by atoms with Gasteiger partial charge in [-0.2, -0.15) is 0 Å². The van der Waals surface area contributed by atoms with Gasteiger partial charge in [0.05, 0.1) is 0 Å². The van der Waals surface area contributed by atoms with Crippen molar-refractivity contribution in [3.8, 4) is 0 Å². The molecular formula is C14H21NO. The molecule has 1 rings (SSSR count). The fourth-order valence-electron chi connectivity index (χ4n) is 1.70. The lowest BCUT2D eigenvalue weighted by Crippen LogP contribution is -2.12. The Morgan fingerprint density at radius 3 is 2.62 bits per heavy atom. The minimum atomic E-state index is 0.109. The third-order valence-corrected chi connectivity index (χ3v) is 2.86. The number of nitrogens with one attached hydrogen (secondary N) is 1. The third-order valence-electron chi connectivity index (χ3n) is 2.86. The Morgan fingerprint density at radius 2 is 2.00 bits per heavy atom. The van der Waals surface area contributed by atoms with Crippen molar-refractivity contribution in [1.82, 2.24) is 0 Å². The second-order valence-electron chi connectivity index (χ2n) is 4.19. The molecule has 0 heterocycles. The minimum Gasteiger partial charge on any atom is -0.326 e. The summed E-state index contributed by atoms with van der Waals surface area (Å²) in [5.74, 6) is 0.594. The van der Waals surface area contributed by atoms with Crippen molar-refractivity contribution < 1.29 is 4.79 Å². The average molecular weight is 219 g/mol. The molecule has 0 aliphatic carbocycles. The van der Waals surface area contributed by atoms with E-state index in [-0.39, 0.29) is 5.91 Å². The summed E-state index contributed by atoms with van der Waals surface area (Å²) in [6.07, 6.45) is 2.56. The zero-order valence-electron chi connectivity index (χ0n) is 10.4. The lowest BCUT2D eigenvalue weighted by Gasteiger charge is -2.15. The van der Waals surface area contributed by atoms with Crippen molar-refractivity contribution in [3.63, 3.8) is 0 Å². The van der Waals surface area contributed by atoms with Crippen LogP contribution in [0.15, 0.2) is 24.3 Å². The van der Waals surface area contributed by atoms with Gasteiger partial charge < -0.3 is 5.32 Å². The van der Waals surface area contributed by atoms with Gasteiger partial charge in [-0.05, 0) is 30.4 Å². The van der Waals surface area contributed by atoms with Gasteiger partial charge in [0, 0.05) is 12.1 Å². The van der Waals surface area contributed by atoms with Crippen molar-refractivity contribution in [2.45, 2.75) is 46.0 Å². The summed E-state index contributed by atoms with van der Waals surface area (Å²) in [6.45, 7) is 6.36.